The van der Waals surface area contributed by atoms with Crippen LogP contribution in [-0.4, -0.2) is 17.6 Å². The number of benzene rings is 1. The summed E-state index contributed by atoms with van der Waals surface area (Å²) in [5, 5.41) is 12.6. The Kier molecular flexibility index (Phi) is 4.21. The van der Waals surface area contributed by atoms with Crippen LogP contribution >= 0.6 is 27.5 Å². The third kappa shape index (κ3) is 3.39. The fourth-order valence-electron chi connectivity index (χ4n) is 1.02. The third-order valence-corrected chi connectivity index (χ3v) is 3.05. The van der Waals surface area contributed by atoms with Crippen molar-refractivity contribution in [1.82, 2.24) is 0 Å². The average molecular weight is 307 g/mol. The van der Waals surface area contributed by atoms with Gasteiger partial charge in [-0.25, -0.2) is 0 Å². The van der Waals surface area contributed by atoms with Crippen LogP contribution in [0.15, 0.2) is 22.7 Å². The zero-order valence-corrected chi connectivity index (χ0v) is 11.4. The van der Waals surface area contributed by atoms with E-state index in [1.54, 1.807) is 19.9 Å². The third-order valence-electron chi connectivity index (χ3n) is 2.23. The number of nitrogens with one attached hydrogen (secondary N) is 1. The molecule has 2 N–H and O–H groups in total. The largest absolute Gasteiger partial charge is 0.481 e. The van der Waals surface area contributed by atoms with Crippen LogP contribution in [0.25, 0.3) is 0 Å². The summed E-state index contributed by atoms with van der Waals surface area (Å²) in [7, 11) is 0. The Hall–Kier alpha value is -0.740. The van der Waals surface area contributed by atoms with E-state index < -0.39 is 11.4 Å². The molecule has 88 valence electrons. The predicted molar refractivity (Wildman–Crippen MR) is 69.1 cm³/mol. The van der Waals surface area contributed by atoms with Crippen molar-refractivity contribution >= 4 is 39.2 Å². The van der Waals surface area contributed by atoms with E-state index in [1.807, 2.05) is 12.1 Å². The van der Waals surface area contributed by atoms with Crippen LogP contribution in [0.2, 0.25) is 5.02 Å². The number of carboxylic acids is 1. The topological polar surface area (TPSA) is 49.3 Å². The first-order valence-electron chi connectivity index (χ1n) is 4.75. The smallest absolute Gasteiger partial charge is 0.310 e. The Balaban J connectivity index is 2.75. The van der Waals surface area contributed by atoms with E-state index >= 15 is 0 Å². The van der Waals surface area contributed by atoms with E-state index in [2.05, 4.69) is 21.2 Å². The van der Waals surface area contributed by atoms with Crippen LogP contribution in [-0.2, 0) is 4.79 Å². The fraction of sp³-hybridized carbons (Fsp3) is 0.364. The predicted octanol–water partition coefficient (Wildman–Crippen LogP) is 3.63. The number of aliphatic carboxylic acids is 1. The maximum atomic E-state index is 10.9. The molecule has 0 fully saturated rings. The molecular formula is C11H13BrClNO2. The van der Waals surface area contributed by atoms with Gasteiger partial charge in [0, 0.05) is 11.0 Å². The van der Waals surface area contributed by atoms with Crippen molar-refractivity contribution in [1.29, 1.82) is 0 Å². The number of halogens is 2. The molecule has 16 heavy (non-hydrogen) atoms. The van der Waals surface area contributed by atoms with E-state index in [4.69, 9.17) is 16.7 Å². The molecule has 0 heterocycles. The molecule has 1 aromatic rings. The Morgan fingerprint density at radius 1 is 1.56 bits per heavy atom. The highest BCUT2D eigenvalue weighted by atomic mass is 79.9. The lowest BCUT2D eigenvalue weighted by Gasteiger charge is -2.20. The number of hydrogen-bond acceptors (Lipinski definition) is 2. The van der Waals surface area contributed by atoms with Crippen molar-refractivity contribution in [3.63, 3.8) is 0 Å². The van der Waals surface area contributed by atoms with Crippen LogP contribution in [0, 0.1) is 5.41 Å². The number of carboxylic acid groups (broad SMARTS) is 1. The normalized spacial score (nSPS) is 11.2. The summed E-state index contributed by atoms with van der Waals surface area (Å²) in [6, 6.07) is 5.40. The molecule has 0 spiro atoms. The van der Waals surface area contributed by atoms with Gasteiger partial charge in [-0.3, -0.25) is 4.79 Å². The van der Waals surface area contributed by atoms with Gasteiger partial charge in [0.2, 0.25) is 0 Å². The summed E-state index contributed by atoms with van der Waals surface area (Å²) < 4.78 is 0.896. The van der Waals surface area contributed by atoms with Crippen LogP contribution in [0.4, 0.5) is 5.69 Å². The maximum absolute atomic E-state index is 10.9. The van der Waals surface area contributed by atoms with Gasteiger partial charge in [0.15, 0.2) is 0 Å². The van der Waals surface area contributed by atoms with Crippen molar-refractivity contribution in [3.05, 3.63) is 27.7 Å². The molecule has 0 aliphatic carbocycles. The Morgan fingerprint density at radius 2 is 2.19 bits per heavy atom. The molecule has 0 bridgehead atoms. The number of carbonyl (C=O) groups is 1. The first kappa shape index (κ1) is 13.3. The molecule has 0 aliphatic rings. The molecule has 1 rings (SSSR count). The van der Waals surface area contributed by atoms with Crippen molar-refractivity contribution < 1.29 is 9.90 Å². The molecule has 0 saturated carbocycles. The second-order valence-corrected chi connectivity index (χ2v) is 5.49. The lowest BCUT2D eigenvalue weighted by Crippen LogP contribution is -2.31. The summed E-state index contributed by atoms with van der Waals surface area (Å²) >= 11 is 9.30. The Morgan fingerprint density at radius 3 is 2.75 bits per heavy atom. The van der Waals surface area contributed by atoms with Gasteiger partial charge in [0.1, 0.15) is 0 Å². The highest BCUT2D eigenvalue weighted by molar-refractivity contribution is 9.10. The van der Waals surface area contributed by atoms with Crippen LogP contribution in [0.3, 0.4) is 0 Å². The number of rotatable bonds is 4. The van der Waals surface area contributed by atoms with Gasteiger partial charge < -0.3 is 10.4 Å². The Bertz CT molecular complexity index is 407. The second-order valence-electron chi connectivity index (χ2n) is 4.17. The summed E-state index contributed by atoms with van der Waals surface area (Å²) in [5.41, 5.74) is -0.101. The molecule has 0 amide bonds. The number of hydrogen-bond donors (Lipinski definition) is 2. The van der Waals surface area contributed by atoms with Gasteiger partial charge in [0.05, 0.1) is 16.1 Å². The summed E-state index contributed by atoms with van der Waals surface area (Å²) in [6.45, 7) is 3.64. The maximum Gasteiger partial charge on any atom is 0.310 e. The molecule has 0 aliphatic heterocycles. The second kappa shape index (κ2) is 5.06. The molecule has 3 nitrogen and oxygen atoms in total. The van der Waals surface area contributed by atoms with Gasteiger partial charge >= 0.3 is 5.97 Å². The number of anilines is 1. The summed E-state index contributed by atoms with van der Waals surface area (Å²) in [4.78, 5) is 10.9. The van der Waals surface area contributed by atoms with E-state index in [1.165, 1.54) is 0 Å². The van der Waals surface area contributed by atoms with Crippen molar-refractivity contribution in [2.24, 2.45) is 5.41 Å². The molecule has 0 unspecified atom stereocenters. The van der Waals surface area contributed by atoms with E-state index in [9.17, 15) is 4.79 Å². The van der Waals surface area contributed by atoms with Crippen LogP contribution < -0.4 is 5.32 Å². The molecular weight excluding hydrogens is 293 g/mol. The lowest BCUT2D eigenvalue weighted by molar-refractivity contribution is -0.146. The highest BCUT2D eigenvalue weighted by Gasteiger charge is 2.26. The average Bonchev–Trinajstić information content (AvgIpc) is 2.19. The van der Waals surface area contributed by atoms with Gasteiger partial charge in [-0.2, -0.15) is 0 Å². The van der Waals surface area contributed by atoms with Gasteiger partial charge in [0.25, 0.3) is 0 Å². The Labute approximate surface area is 108 Å². The standard InChI is InChI=1S/C11H13BrClNO2/c1-11(2,10(15)16)6-14-9-5-7(12)3-4-8(9)13/h3-5,14H,6H2,1-2H3,(H,15,16). The van der Waals surface area contributed by atoms with Crippen molar-refractivity contribution in [2.75, 3.05) is 11.9 Å². The van der Waals surface area contributed by atoms with Crippen molar-refractivity contribution in [3.8, 4) is 0 Å². The van der Waals surface area contributed by atoms with Gasteiger partial charge in [-0.15, -0.1) is 0 Å². The van der Waals surface area contributed by atoms with E-state index in [0.717, 1.165) is 10.2 Å². The zero-order valence-electron chi connectivity index (χ0n) is 9.05. The molecule has 0 saturated heterocycles. The monoisotopic (exact) mass is 305 g/mol. The first-order valence-corrected chi connectivity index (χ1v) is 5.92. The van der Waals surface area contributed by atoms with Crippen LogP contribution in [0.5, 0.6) is 0 Å². The summed E-state index contributed by atoms with van der Waals surface area (Å²) in [5.74, 6) is -0.842. The lowest BCUT2D eigenvalue weighted by atomic mass is 9.94. The van der Waals surface area contributed by atoms with Gasteiger partial charge in [-0.05, 0) is 32.0 Å². The molecule has 0 aromatic heterocycles. The van der Waals surface area contributed by atoms with Crippen LogP contribution in [0.1, 0.15) is 13.8 Å². The first-order chi connectivity index (χ1) is 7.33. The van der Waals surface area contributed by atoms with Gasteiger partial charge in [-0.1, -0.05) is 27.5 Å². The molecule has 0 radical (unpaired) electrons. The SMILES string of the molecule is CC(C)(CNc1cc(Br)ccc1Cl)C(=O)O. The van der Waals surface area contributed by atoms with E-state index in [-0.39, 0.29) is 0 Å². The molecule has 5 heteroatoms. The van der Waals surface area contributed by atoms with E-state index in [0.29, 0.717) is 11.6 Å². The fourth-order valence-corrected chi connectivity index (χ4v) is 1.57. The summed E-state index contributed by atoms with van der Waals surface area (Å²) in [6.07, 6.45) is 0. The molecule has 1 aromatic carbocycles. The molecule has 0 atom stereocenters. The minimum atomic E-state index is -0.842. The highest BCUT2D eigenvalue weighted by Crippen LogP contribution is 2.27. The quantitative estimate of drug-likeness (QED) is 0.893. The minimum absolute atomic E-state index is 0.318. The van der Waals surface area contributed by atoms with Crippen molar-refractivity contribution in [2.45, 2.75) is 13.8 Å². The minimum Gasteiger partial charge on any atom is -0.481 e. The zero-order chi connectivity index (χ0) is 12.3.